The van der Waals surface area contributed by atoms with Gasteiger partial charge in [0.1, 0.15) is 5.75 Å². The third-order valence-corrected chi connectivity index (χ3v) is 6.69. The second-order valence-corrected chi connectivity index (χ2v) is 8.52. The summed E-state index contributed by atoms with van der Waals surface area (Å²) < 4.78 is 16.8. The van der Waals surface area contributed by atoms with Crippen molar-refractivity contribution in [3.05, 3.63) is 65.7 Å². The smallest absolute Gasteiger partial charge is 0.339 e. The molecule has 7 heteroatoms. The van der Waals surface area contributed by atoms with E-state index in [0.717, 1.165) is 16.9 Å². The van der Waals surface area contributed by atoms with E-state index in [2.05, 4.69) is 0 Å². The van der Waals surface area contributed by atoms with Crippen molar-refractivity contribution in [2.45, 2.75) is 37.6 Å². The minimum absolute atomic E-state index is 0.0674. The van der Waals surface area contributed by atoms with Crippen LogP contribution in [0.15, 0.2) is 54.6 Å². The summed E-state index contributed by atoms with van der Waals surface area (Å²) in [6, 6.07) is 17.2. The highest BCUT2D eigenvalue weighted by atomic mass is 35.5. The predicted molar refractivity (Wildman–Crippen MR) is 116 cm³/mol. The lowest BCUT2D eigenvalue weighted by Gasteiger charge is -2.53. The van der Waals surface area contributed by atoms with Crippen LogP contribution in [0.25, 0.3) is 0 Å². The molecule has 0 N–H and O–H groups in total. The summed E-state index contributed by atoms with van der Waals surface area (Å²) in [5, 5.41) is 0. The zero-order valence-electron chi connectivity index (χ0n) is 17.7. The molecule has 0 radical (unpaired) electrons. The molecule has 0 aromatic heterocycles. The molecule has 2 heterocycles. The number of rotatable bonds is 9. The number of carbonyl (C=O) groups is 2. The predicted octanol–water partition coefficient (Wildman–Crippen LogP) is 3.55. The zero-order valence-corrected chi connectivity index (χ0v) is 18.4. The number of carbonyl (C=O) groups excluding carboxylic acids is 2. The fraction of sp³-hybridized carbons (Fsp3) is 0.417. The van der Waals surface area contributed by atoms with Crippen molar-refractivity contribution < 1.29 is 23.8 Å². The molecular formula is C24H26ClNO5. The molecule has 2 aromatic carbocycles. The molecule has 0 bridgehead atoms. The van der Waals surface area contributed by atoms with Gasteiger partial charge in [-0.05, 0) is 36.6 Å². The van der Waals surface area contributed by atoms with Gasteiger partial charge in [-0.25, -0.2) is 4.79 Å². The maximum absolute atomic E-state index is 13.4. The molecule has 2 saturated heterocycles. The van der Waals surface area contributed by atoms with Crippen LogP contribution in [0.3, 0.4) is 0 Å². The summed E-state index contributed by atoms with van der Waals surface area (Å²) in [6.45, 7) is 2.51. The van der Waals surface area contributed by atoms with Crippen LogP contribution in [0.1, 0.15) is 24.5 Å². The van der Waals surface area contributed by atoms with Crippen LogP contribution in [0, 0.1) is 5.92 Å². The van der Waals surface area contributed by atoms with Crippen LogP contribution in [0.4, 0.5) is 0 Å². The number of fused-ring (bicyclic) bond motifs is 1. The van der Waals surface area contributed by atoms with Gasteiger partial charge in [0.05, 0.1) is 26.2 Å². The number of esters is 1. The quantitative estimate of drug-likeness (QED) is 0.438. The monoisotopic (exact) mass is 443 g/mol. The number of nitrogens with zero attached hydrogens (tertiary/aromatic N) is 1. The second kappa shape index (κ2) is 8.52. The van der Waals surface area contributed by atoms with Gasteiger partial charge in [0, 0.05) is 12.4 Å². The minimum Gasteiger partial charge on any atom is -0.497 e. The lowest BCUT2D eigenvalue weighted by molar-refractivity contribution is -0.243. The average Bonchev–Trinajstić information content (AvgIpc) is 2.91. The Bertz CT molecular complexity index is 950. The van der Waals surface area contributed by atoms with Gasteiger partial charge < -0.3 is 19.1 Å². The third kappa shape index (κ3) is 3.48. The Labute approximate surface area is 187 Å². The molecule has 6 nitrogen and oxygen atoms in total. The minimum atomic E-state index is -1.17. The number of amides is 1. The van der Waals surface area contributed by atoms with E-state index >= 15 is 0 Å². The van der Waals surface area contributed by atoms with E-state index in [1.807, 2.05) is 61.5 Å². The number of benzene rings is 2. The Morgan fingerprint density at radius 2 is 1.77 bits per heavy atom. The van der Waals surface area contributed by atoms with E-state index in [0.29, 0.717) is 18.9 Å². The van der Waals surface area contributed by atoms with Gasteiger partial charge in [-0.1, -0.05) is 42.5 Å². The molecule has 2 aliphatic heterocycles. The van der Waals surface area contributed by atoms with Gasteiger partial charge in [-0.2, -0.15) is 0 Å². The van der Waals surface area contributed by atoms with Gasteiger partial charge in [-0.3, -0.25) is 4.79 Å². The van der Waals surface area contributed by atoms with Gasteiger partial charge in [0.25, 0.3) is 0 Å². The number of likely N-dealkylation sites (tertiary alicyclic amines) is 1. The van der Waals surface area contributed by atoms with E-state index in [1.54, 1.807) is 12.0 Å². The molecule has 2 aromatic rings. The number of alkyl halides is 1. The van der Waals surface area contributed by atoms with Crippen LogP contribution in [-0.4, -0.2) is 47.5 Å². The first-order valence-electron chi connectivity index (χ1n) is 10.3. The highest BCUT2D eigenvalue weighted by molar-refractivity contribution is 6.18. The van der Waals surface area contributed by atoms with Crippen LogP contribution >= 0.6 is 11.6 Å². The normalized spacial score (nSPS) is 26.9. The van der Waals surface area contributed by atoms with Gasteiger partial charge in [0.2, 0.25) is 11.4 Å². The maximum atomic E-state index is 13.4. The molecule has 0 aliphatic carbocycles. The fourth-order valence-corrected chi connectivity index (χ4v) is 4.89. The molecule has 2 fully saturated rings. The van der Waals surface area contributed by atoms with Crippen molar-refractivity contribution in [3.8, 4) is 5.75 Å². The van der Waals surface area contributed by atoms with E-state index in [1.165, 1.54) is 0 Å². The third-order valence-electron chi connectivity index (χ3n) is 6.47. The van der Waals surface area contributed by atoms with Gasteiger partial charge in [-0.15, -0.1) is 11.6 Å². The van der Waals surface area contributed by atoms with Crippen LogP contribution in [-0.2, 0) is 32.2 Å². The second-order valence-electron chi connectivity index (χ2n) is 8.14. The average molecular weight is 444 g/mol. The summed E-state index contributed by atoms with van der Waals surface area (Å²) in [4.78, 5) is 28.0. The Hall–Kier alpha value is -2.57. The largest absolute Gasteiger partial charge is 0.497 e. The Kier molecular flexibility index (Phi) is 5.95. The first-order chi connectivity index (χ1) is 15.0. The maximum Gasteiger partial charge on any atom is 0.339 e. The van der Waals surface area contributed by atoms with Gasteiger partial charge >= 0.3 is 5.97 Å². The van der Waals surface area contributed by atoms with Gasteiger partial charge in [0.15, 0.2) is 5.60 Å². The van der Waals surface area contributed by atoms with Crippen molar-refractivity contribution in [1.82, 2.24) is 4.90 Å². The number of methoxy groups -OCH3 is 1. The number of ether oxygens (including phenoxy) is 3. The molecule has 0 spiro atoms. The summed E-state index contributed by atoms with van der Waals surface area (Å²) in [5.41, 5.74) is -0.254. The van der Waals surface area contributed by atoms with E-state index in [9.17, 15) is 9.59 Å². The van der Waals surface area contributed by atoms with Crippen LogP contribution in [0.2, 0.25) is 0 Å². The van der Waals surface area contributed by atoms with Crippen molar-refractivity contribution >= 4 is 23.5 Å². The van der Waals surface area contributed by atoms with Crippen molar-refractivity contribution in [2.75, 3.05) is 19.6 Å². The highest BCUT2D eigenvalue weighted by Crippen LogP contribution is 2.55. The van der Waals surface area contributed by atoms with Crippen LogP contribution in [0.5, 0.6) is 5.75 Å². The molecule has 31 heavy (non-hydrogen) atoms. The molecule has 3 atom stereocenters. The molecule has 1 amide bonds. The lowest BCUT2D eigenvalue weighted by atomic mass is 9.71. The zero-order chi connectivity index (χ0) is 22.1. The summed E-state index contributed by atoms with van der Waals surface area (Å²) in [6.07, 6.45) is 0.434. The van der Waals surface area contributed by atoms with Crippen LogP contribution < -0.4 is 4.74 Å². The topological polar surface area (TPSA) is 65.1 Å². The number of halogens is 1. The Balaban J connectivity index is 1.62. The highest BCUT2D eigenvalue weighted by Gasteiger charge is 2.79. The SMILES string of the molecule is COc1ccc(CN2C(=O)[C@@H](CCCl)[C@]3(C)OC(=O)C23COCc2ccccc2)cc1. The molecule has 164 valence electrons. The van der Waals surface area contributed by atoms with Crippen molar-refractivity contribution in [3.63, 3.8) is 0 Å². The molecule has 1 unspecified atom stereocenters. The Morgan fingerprint density at radius 1 is 1.06 bits per heavy atom. The fourth-order valence-electron chi connectivity index (χ4n) is 4.67. The van der Waals surface area contributed by atoms with E-state index < -0.39 is 23.0 Å². The van der Waals surface area contributed by atoms with Crippen molar-refractivity contribution in [1.29, 1.82) is 0 Å². The first-order valence-corrected chi connectivity index (χ1v) is 10.8. The summed E-state index contributed by atoms with van der Waals surface area (Å²) in [7, 11) is 1.60. The molecule has 0 saturated carbocycles. The number of hydrogen-bond donors (Lipinski definition) is 0. The first kappa shape index (κ1) is 21.7. The molecular weight excluding hydrogens is 418 g/mol. The van der Waals surface area contributed by atoms with E-state index in [-0.39, 0.29) is 19.1 Å². The van der Waals surface area contributed by atoms with Crippen molar-refractivity contribution in [2.24, 2.45) is 5.92 Å². The standard InChI is InChI=1S/C24H26ClNO5/c1-23-20(12-13-25)21(27)26(14-17-8-10-19(29-2)11-9-17)24(23,22(28)31-23)16-30-15-18-6-4-3-5-7-18/h3-11,20H,12-16H2,1-2H3/t20-,23+,24?/m1/s1. The number of hydrogen-bond acceptors (Lipinski definition) is 5. The summed E-state index contributed by atoms with van der Waals surface area (Å²) >= 11 is 6.00. The molecule has 2 aliphatic rings. The molecule has 4 rings (SSSR count). The summed E-state index contributed by atoms with van der Waals surface area (Å²) in [5.74, 6) is -0.0253. The Morgan fingerprint density at radius 3 is 2.39 bits per heavy atom. The van der Waals surface area contributed by atoms with E-state index in [4.69, 9.17) is 25.8 Å². The lowest BCUT2D eigenvalue weighted by Crippen LogP contribution is -2.76.